The standard InChI is InChI=1S/C30H29NO6/c1-6-37-30(35)20-10-12-22(13-11-20)31-25(21-9-7-8-17(2)15-21)24(27(33)29(31)34)26(32)23-16-18(3)14-19(4)28(23)36-5/h7-16,25,32H,6H2,1-5H3/b26-24+. The van der Waals surface area contributed by atoms with E-state index in [1.165, 1.54) is 12.0 Å². The first kappa shape index (κ1) is 25.7. The van der Waals surface area contributed by atoms with Crippen LogP contribution in [0.5, 0.6) is 5.75 Å². The average Bonchev–Trinajstić information content (AvgIpc) is 3.13. The zero-order chi connectivity index (χ0) is 26.9. The molecule has 0 radical (unpaired) electrons. The van der Waals surface area contributed by atoms with Gasteiger partial charge in [-0.2, -0.15) is 0 Å². The maximum absolute atomic E-state index is 13.5. The monoisotopic (exact) mass is 499 g/mol. The van der Waals surface area contributed by atoms with Gasteiger partial charge in [-0.15, -0.1) is 0 Å². The molecule has 3 aromatic rings. The van der Waals surface area contributed by atoms with Crippen LogP contribution in [0.3, 0.4) is 0 Å². The fraction of sp³-hybridized carbons (Fsp3) is 0.233. The van der Waals surface area contributed by atoms with E-state index in [4.69, 9.17) is 9.47 Å². The highest BCUT2D eigenvalue weighted by Crippen LogP contribution is 2.44. The van der Waals surface area contributed by atoms with Crippen LogP contribution >= 0.6 is 0 Å². The van der Waals surface area contributed by atoms with E-state index in [2.05, 4.69) is 0 Å². The van der Waals surface area contributed by atoms with E-state index in [1.54, 1.807) is 37.3 Å². The summed E-state index contributed by atoms with van der Waals surface area (Å²) in [6, 6.07) is 16.5. The SMILES string of the molecule is CCOC(=O)c1ccc(N2C(=O)C(=O)/C(=C(/O)c3cc(C)cc(C)c3OC)C2c2cccc(C)c2)cc1. The molecule has 1 heterocycles. The summed E-state index contributed by atoms with van der Waals surface area (Å²) in [7, 11) is 1.50. The molecular formula is C30H29NO6. The summed E-state index contributed by atoms with van der Waals surface area (Å²) in [5, 5.41) is 11.5. The van der Waals surface area contributed by atoms with Crippen molar-refractivity contribution in [3.05, 3.63) is 99.6 Å². The van der Waals surface area contributed by atoms with Crippen molar-refractivity contribution in [3.8, 4) is 5.75 Å². The highest BCUT2D eigenvalue weighted by Gasteiger charge is 2.47. The van der Waals surface area contributed by atoms with Gasteiger partial charge in [-0.3, -0.25) is 14.5 Å². The zero-order valence-corrected chi connectivity index (χ0v) is 21.5. The molecule has 1 saturated heterocycles. The Labute approximate surface area is 215 Å². The van der Waals surface area contributed by atoms with Gasteiger partial charge in [0.15, 0.2) is 0 Å². The predicted octanol–water partition coefficient (Wildman–Crippen LogP) is 5.42. The van der Waals surface area contributed by atoms with Gasteiger partial charge < -0.3 is 14.6 Å². The molecule has 1 amide bonds. The largest absolute Gasteiger partial charge is 0.507 e. The molecule has 1 aliphatic heterocycles. The number of carbonyl (C=O) groups is 3. The summed E-state index contributed by atoms with van der Waals surface area (Å²) >= 11 is 0. The van der Waals surface area contributed by atoms with Gasteiger partial charge in [0.05, 0.1) is 36.5 Å². The molecule has 0 aliphatic carbocycles. The van der Waals surface area contributed by atoms with Gasteiger partial charge >= 0.3 is 5.97 Å². The van der Waals surface area contributed by atoms with Gasteiger partial charge in [-0.25, -0.2) is 4.79 Å². The quantitative estimate of drug-likeness (QED) is 0.211. The molecule has 190 valence electrons. The number of aliphatic hydroxyl groups is 1. The van der Waals surface area contributed by atoms with E-state index in [9.17, 15) is 19.5 Å². The van der Waals surface area contributed by atoms with Crippen LogP contribution in [0.1, 0.15) is 51.1 Å². The summed E-state index contributed by atoms with van der Waals surface area (Å²) in [6.45, 7) is 7.61. The molecule has 1 N–H and O–H groups in total. The number of hydrogen-bond donors (Lipinski definition) is 1. The number of ketones is 1. The first-order valence-corrected chi connectivity index (χ1v) is 12.0. The number of anilines is 1. The lowest BCUT2D eigenvalue weighted by Gasteiger charge is -2.26. The molecule has 4 rings (SSSR count). The van der Waals surface area contributed by atoms with Crippen molar-refractivity contribution < 1.29 is 29.0 Å². The highest BCUT2D eigenvalue weighted by molar-refractivity contribution is 6.51. The number of amides is 1. The normalized spacial score (nSPS) is 16.7. The Morgan fingerprint density at radius 2 is 1.68 bits per heavy atom. The number of aryl methyl sites for hydroxylation is 3. The third-order valence-corrected chi connectivity index (χ3v) is 6.34. The average molecular weight is 500 g/mol. The predicted molar refractivity (Wildman–Crippen MR) is 141 cm³/mol. The lowest BCUT2D eigenvalue weighted by atomic mass is 9.93. The Hall–Kier alpha value is -4.39. The number of benzene rings is 3. The minimum atomic E-state index is -0.890. The van der Waals surface area contributed by atoms with Crippen molar-refractivity contribution in [1.29, 1.82) is 0 Å². The van der Waals surface area contributed by atoms with Crippen LogP contribution in [0.15, 0.2) is 66.2 Å². The Kier molecular flexibility index (Phi) is 7.16. The minimum Gasteiger partial charge on any atom is -0.507 e. The van der Waals surface area contributed by atoms with Crippen molar-refractivity contribution in [2.45, 2.75) is 33.7 Å². The summed E-state index contributed by atoms with van der Waals surface area (Å²) in [4.78, 5) is 40.4. The molecule has 1 unspecified atom stereocenters. The van der Waals surface area contributed by atoms with Gasteiger partial charge in [0.25, 0.3) is 11.7 Å². The first-order chi connectivity index (χ1) is 17.7. The van der Waals surface area contributed by atoms with E-state index in [1.807, 2.05) is 51.1 Å². The van der Waals surface area contributed by atoms with E-state index in [0.29, 0.717) is 28.1 Å². The number of ether oxygens (including phenoxy) is 2. The van der Waals surface area contributed by atoms with Gasteiger partial charge in [0.1, 0.15) is 11.5 Å². The number of Topliss-reactive ketones (excluding diaryl/α,β-unsaturated/α-hetero) is 1. The molecule has 7 heteroatoms. The van der Waals surface area contributed by atoms with Crippen molar-refractivity contribution in [1.82, 2.24) is 0 Å². The smallest absolute Gasteiger partial charge is 0.338 e. The van der Waals surface area contributed by atoms with Crippen molar-refractivity contribution >= 4 is 29.1 Å². The molecule has 1 fully saturated rings. The van der Waals surface area contributed by atoms with Crippen molar-refractivity contribution in [2.24, 2.45) is 0 Å². The summed E-state index contributed by atoms with van der Waals surface area (Å²) < 4.78 is 10.6. The van der Waals surface area contributed by atoms with Gasteiger partial charge in [0.2, 0.25) is 0 Å². The molecule has 1 atom stereocenters. The van der Waals surface area contributed by atoms with E-state index >= 15 is 0 Å². The second-order valence-corrected chi connectivity index (χ2v) is 9.01. The van der Waals surface area contributed by atoms with Gasteiger partial charge in [0, 0.05) is 5.69 Å². The van der Waals surface area contributed by atoms with Crippen LogP contribution < -0.4 is 9.64 Å². The van der Waals surface area contributed by atoms with Crippen LogP contribution in [0.25, 0.3) is 5.76 Å². The molecular weight excluding hydrogens is 470 g/mol. The first-order valence-electron chi connectivity index (χ1n) is 12.0. The topological polar surface area (TPSA) is 93.1 Å². The molecule has 3 aromatic carbocycles. The molecule has 37 heavy (non-hydrogen) atoms. The second kappa shape index (κ2) is 10.3. The van der Waals surface area contributed by atoms with Crippen LogP contribution in [0.4, 0.5) is 5.69 Å². The Morgan fingerprint density at radius 3 is 2.30 bits per heavy atom. The lowest BCUT2D eigenvalue weighted by molar-refractivity contribution is -0.132. The molecule has 0 bridgehead atoms. The van der Waals surface area contributed by atoms with E-state index < -0.39 is 23.7 Å². The van der Waals surface area contributed by atoms with Crippen molar-refractivity contribution in [3.63, 3.8) is 0 Å². The second-order valence-electron chi connectivity index (χ2n) is 9.01. The van der Waals surface area contributed by atoms with Crippen LogP contribution in [0.2, 0.25) is 0 Å². The minimum absolute atomic E-state index is 0.0339. The van der Waals surface area contributed by atoms with Crippen LogP contribution in [0, 0.1) is 20.8 Å². The van der Waals surface area contributed by atoms with Gasteiger partial charge in [-0.1, -0.05) is 35.9 Å². The maximum Gasteiger partial charge on any atom is 0.338 e. The number of hydrogen-bond acceptors (Lipinski definition) is 6. The summed E-state index contributed by atoms with van der Waals surface area (Å²) in [6.07, 6.45) is 0. The lowest BCUT2D eigenvalue weighted by Crippen LogP contribution is -2.29. The third kappa shape index (κ3) is 4.72. The highest BCUT2D eigenvalue weighted by atomic mass is 16.5. The number of carbonyl (C=O) groups excluding carboxylic acids is 3. The van der Waals surface area contributed by atoms with E-state index in [0.717, 1.165) is 16.7 Å². The van der Waals surface area contributed by atoms with Crippen LogP contribution in [-0.4, -0.2) is 36.5 Å². The fourth-order valence-corrected chi connectivity index (χ4v) is 4.77. The Balaban J connectivity index is 1.93. The third-order valence-electron chi connectivity index (χ3n) is 6.34. The number of rotatable bonds is 6. The Bertz CT molecular complexity index is 1420. The maximum atomic E-state index is 13.5. The van der Waals surface area contributed by atoms with Crippen LogP contribution in [-0.2, 0) is 14.3 Å². The summed E-state index contributed by atoms with van der Waals surface area (Å²) in [5.41, 5.74) is 4.31. The molecule has 7 nitrogen and oxygen atoms in total. The zero-order valence-electron chi connectivity index (χ0n) is 21.5. The molecule has 0 spiro atoms. The molecule has 0 saturated carbocycles. The Morgan fingerprint density at radius 1 is 0.973 bits per heavy atom. The van der Waals surface area contributed by atoms with Crippen molar-refractivity contribution in [2.75, 3.05) is 18.6 Å². The molecule has 1 aliphatic rings. The number of aliphatic hydroxyl groups excluding tert-OH is 1. The molecule has 0 aromatic heterocycles. The number of methoxy groups -OCH3 is 1. The fourth-order valence-electron chi connectivity index (χ4n) is 4.77. The van der Waals surface area contributed by atoms with Gasteiger partial charge in [-0.05, 0) is 74.7 Å². The summed E-state index contributed by atoms with van der Waals surface area (Å²) in [5.74, 6) is -1.94. The van der Waals surface area contributed by atoms with E-state index in [-0.39, 0.29) is 17.9 Å². The number of nitrogens with zero attached hydrogens (tertiary/aromatic N) is 1. The number of esters is 1.